The molecule has 4 aliphatic rings. The lowest BCUT2D eigenvalue weighted by Crippen LogP contribution is -2.36. The molecular formula is C20H26IN5O3. The molecular weight excluding hydrogens is 485 g/mol. The van der Waals surface area contributed by atoms with Crippen molar-refractivity contribution in [1.82, 2.24) is 19.5 Å². The number of imidazole rings is 1. The average Bonchev–Trinajstić information content (AvgIpc) is 3.56. The Morgan fingerprint density at radius 1 is 1.21 bits per heavy atom. The lowest BCUT2D eigenvalue weighted by atomic mass is 9.78. The summed E-state index contributed by atoms with van der Waals surface area (Å²) in [4.78, 5) is 13.9. The van der Waals surface area contributed by atoms with Crippen molar-refractivity contribution in [3.05, 3.63) is 10.2 Å². The quantitative estimate of drug-likeness (QED) is 0.345. The van der Waals surface area contributed by atoms with Gasteiger partial charge in [0.2, 0.25) is 0 Å². The molecule has 0 aromatic carbocycles. The Labute approximate surface area is 182 Å². The molecule has 0 aliphatic heterocycles. The van der Waals surface area contributed by atoms with Crippen LogP contribution in [-0.4, -0.2) is 59.7 Å². The molecule has 4 N–H and O–H groups in total. The molecule has 0 bridgehead atoms. The fourth-order valence-corrected chi connectivity index (χ4v) is 6.26. The van der Waals surface area contributed by atoms with Crippen molar-refractivity contribution in [2.75, 3.05) is 11.9 Å². The van der Waals surface area contributed by atoms with Gasteiger partial charge in [-0.25, -0.2) is 15.0 Å². The Balaban J connectivity index is 1.37. The number of hydrogen-bond donors (Lipinski definition) is 4. The van der Waals surface area contributed by atoms with Gasteiger partial charge in [-0.2, -0.15) is 0 Å². The van der Waals surface area contributed by atoms with Crippen LogP contribution in [0.1, 0.15) is 44.6 Å². The van der Waals surface area contributed by atoms with Crippen LogP contribution in [0.5, 0.6) is 0 Å². The monoisotopic (exact) mass is 511 g/mol. The fourth-order valence-electron chi connectivity index (χ4n) is 5.79. The van der Waals surface area contributed by atoms with Gasteiger partial charge < -0.3 is 25.2 Å². The number of fused-ring (bicyclic) bond motifs is 2. The zero-order valence-electron chi connectivity index (χ0n) is 16.1. The minimum absolute atomic E-state index is 0.0353. The van der Waals surface area contributed by atoms with Crippen molar-refractivity contribution in [2.24, 2.45) is 23.2 Å². The van der Waals surface area contributed by atoms with E-state index in [1.807, 2.05) is 4.57 Å². The Hall–Kier alpha value is -1.04. The minimum Gasteiger partial charge on any atom is -0.396 e. The van der Waals surface area contributed by atoms with Crippen LogP contribution in [0.3, 0.4) is 0 Å². The van der Waals surface area contributed by atoms with Crippen LogP contribution >= 0.6 is 22.6 Å². The highest BCUT2D eigenvalue weighted by molar-refractivity contribution is 14.1. The third-order valence-corrected chi connectivity index (χ3v) is 8.44. The largest absolute Gasteiger partial charge is 0.396 e. The summed E-state index contributed by atoms with van der Waals surface area (Å²) < 4.78 is 2.53. The Morgan fingerprint density at radius 2 is 1.97 bits per heavy atom. The highest BCUT2D eigenvalue weighted by Gasteiger charge is 2.71. The van der Waals surface area contributed by atoms with Gasteiger partial charge in [0.15, 0.2) is 20.8 Å². The summed E-state index contributed by atoms with van der Waals surface area (Å²) in [7, 11) is 0. The summed E-state index contributed by atoms with van der Waals surface area (Å²) >= 11 is 2.13. The highest BCUT2D eigenvalue weighted by atomic mass is 127. The number of hydrogen-bond acceptors (Lipinski definition) is 7. The molecule has 0 spiro atoms. The first-order chi connectivity index (χ1) is 14.0. The molecule has 6 atom stereocenters. The van der Waals surface area contributed by atoms with E-state index in [-0.39, 0.29) is 18.6 Å². The smallest absolute Gasteiger partial charge is 0.194 e. The van der Waals surface area contributed by atoms with Crippen LogP contribution in [0.2, 0.25) is 0 Å². The summed E-state index contributed by atoms with van der Waals surface area (Å²) in [5.74, 6) is 2.26. The molecule has 8 nitrogen and oxygen atoms in total. The molecule has 6 rings (SSSR count). The normalized spacial score (nSPS) is 37.4. The third kappa shape index (κ3) is 2.69. The summed E-state index contributed by atoms with van der Waals surface area (Å²) in [6.45, 7) is -0.108. The van der Waals surface area contributed by atoms with Crippen LogP contribution in [0.25, 0.3) is 11.2 Å². The SMILES string of the molecule is OC[C@@]12C[C@@H]1[C@@H](n1cnc3c(N[C@@H](C4CCC4)C4CC4)nc(I)nc31)[C@@H](O)C2O. The van der Waals surface area contributed by atoms with Gasteiger partial charge in [0.1, 0.15) is 6.10 Å². The number of aromatic nitrogens is 4. The first-order valence-electron chi connectivity index (χ1n) is 10.7. The first kappa shape index (κ1) is 18.7. The number of halogens is 1. The Morgan fingerprint density at radius 3 is 2.59 bits per heavy atom. The number of nitrogens with one attached hydrogen (secondary N) is 1. The van der Waals surface area contributed by atoms with Gasteiger partial charge >= 0.3 is 0 Å². The van der Waals surface area contributed by atoms with E-state index in [1.54, 1.807) is 6.33 Å². The lowest BCUT2D eigenvalue weighted by Gasteiger charge is -2.35. The van der Waals surface area contributed by atoms with Crippen molar-refractivity contribution < 1.29 is 15.3 Å². The molecule has 29 heavy (non-hydrogen) atoms. The second-order valence-electron chi connectivity index (χ2n) is 9.49. The van der Waals surface area contributed by atoms with E-state index in [9.17, 15) is 15.3 Å². The minimum atomic E-state index is -0.934. The zero-order chi connectivity index (χ0) is 19.9. The van der Waals surface area contributed by atoms with Gasteiger partial charge in [-0.05, 0) is 49.9 Å². The van der Waals surface area contributed by atoms with Crippen LogP contribution in [-0.2, 0) is 0 Å². The molecule has 9 heteroatoms. The van der Waals surface area contributed by atoms with Crippen molar-refractivity contribution in [2.45, 2.75) is 62.8 Å². The standard InChI is InChI=1S/C20H26IN5O3/c21-19-24-17(23-12(10-4-5-10)9-2-1-3-9)13-18(25-19)26(8-22-13)14-11-6-20(11,7-27)16(29)15(14)28/h8-12,14-16,27-29H,1-7H2,(H,23,24,25)/t11-,12+,14-,15-,16?,20+/m1/s1. The molecule has 0 radical (unpaired) electrons. The van der Waals surface area contributed by atoms with E-state index in [2.05, 4.69) is 42.9 Å². The van der Waals surface area contributed by atoms with Crippen molar-refractivity contribution >= 4 is 39.6 Å². The van der Waals surface area contributed by atoms with E-state index < -0.39 is 17.6 Å². The maximum absolute atomic E-state index is 10.7. The van der Waals surface area contributed by atoms with Crippen molar-refractivity contribution in [3.8, 4) is 0 Å². The molecule has 0 amide bonds. The van der Waals surface area contributed by atoms with Crippen LogP contribution in [0.4, 0.5) is 5.82 Å². The van der Waals surface area contributed by atoms with E-state index in [4.69, 9.17) is 0 Å². The Bertz CT molecular complexity index is 961. The van der Waals surface area contributed by atoms with Gasteiger partial charge in [-0.3, -0.25) is 0 Å². The molecule has 2 aromatic rings. The summed E-state index contributed by atoms with van der Waals surface area (Å²) in [6, 6.07) is 0.124. The van der Waals surface area contributed by atoms with Crippen molar-refractivity contribution in [3.63, 3.8) is 0 Å². The molecule has 4 fully saturated rings. The average molecular weight is 511 g/mol. The fraction of sp³-hybridized carbons (Fsp3) is 0.750. The van der Waals surface area contributed by atoms with Crippen LogP contribution in [0.15, 0.2) is 6.33 Å². The molecule has 0 saturated heterocycles. The lowest BCUT2D eigenvalue weighted by molar-refractivity contribution is -0.0300. The predicted molar refractivity (Wildman–Crippen MR) is 114 cm³/mol. The van der Waals surface area contributed by atoms with Gasteiger partial charge in [-0.1, -0.05) is 6.42 Å². The van der Waals surface area contributed by atoms with Gasteiger partial charge in [0.25, 0.3) is 0 Å². The Kier molecular flexibility index (Phi) is 4.18. The maximum atomic E-state index is 10.7. The highest BCUT2D eigenvalue weighted by Crippen LogP contribution is 2.67. The molecule has 2 heterocycles. The second-order valence-corrected chi connectivity index (χ2v) is 10.5. The number of aliphatic hydroxyl groups excluding tert-OH is 3. The van der Waals surface area contributed by atoms with E-state index in [0.717, 1.165) is 23.2 Å². The predicted octanol–water partition coefficient (Wildman–Crippen LogP) is 1.70. The van der Waals surface area contributed by atoms with E-state index in [0.29, 0.717) is 21.9 Å². The molecule has 4 saturated carbocycles. The van der Waals surface area contributed by atoms with Gasteiger partial charge in [0.05, 0.1) is 25.1 Å². The second kappa shape index (κ2) is 6.48. The summed E-state index contributed by atoms with van der Waals surface area (Å²) in [5, 5.41) is 34.7. The van der Waals surface area contributed by atoms with Gasteiger partial charge in [0, 0.05) is 34.0 Å². The van der Waals surface area contributed by atoms with Gasteiger partial charge in [-0.15, -0.1) is 0 Å². The summed E-state index contributed by atoms with van der Waals surface area (Å²) in [6.07, 6.45) is 7.02. The number of anilines is 1. The van der Waals surface area contributed by atoms with Crippen molar-refractivity contribution in [1.29, 1.82) is 0 Å². The number of nitrogens with zero attached hydrogens (tertiary/aromatic N) is 4. The van der Waals surface area contributed by atoms with E-state index >= 15 is 0 Å². The third-order valence-electron chi connectivity index (χ3n) is 7.95. The molecule has 1 unspecified atom stereocenters. The van der Waals surface area contributed by atoms with E-state index in [1.165, 1.54) is 32.1 Å². The topological polar surface area (TPSA) is 116 Å². The summed E-state index contributed by atoms with van der Waals surface area (Å²) in [5.41, 5.74) is 0.828. The zero-order valence-corrected chi connectivity index (χ0v) is 18.2. The molecule has 156 valence electrons. The number of aliphatic hydroxyl groups is 3. The first-order valence-corrected chi connectivity index (χ1v) is 11.7. The van der Waals surface area contributed by atoms with Crippen LogP contribution < -0.4 is 5.32 Å². The molecule has 2 aromatic heterocycles. The number of rotatable bonds is 6. The molecule has 4 aliphatic carbocycles. The maximum Gasteiger partial charge on any atom is 0.194 e. The van der Waals surface area contributed by atoms with Crippen LogP contribution in [0, 0.1) is 27.0 Å².